The van der Waals surface area contributed by atoms with Gasteiger partial charge in [0, 0.05) is 37.9 Å². The molecule has 1 aliphatic rings. The zero-order valence-corrected chi connectivity index (χ0v) is 21.3. The van der Waals surface area contributed by atoms with E-state index in [1.807, 2.05) is 36.4 Å². The van der Waals surface area contributed by atoms with Crippen molar-refractivity contribution in [1.82, 2.24) is 9.97 Å². The van der Waals surface area contributed by atoms with E-state index in [-0.39, 0.29) is 5.91 Å². The molecule has 0 bridgehead atoms. The molecule has 0 unspecified atom stereocenters. The summed E-state index contributed by atoms with van der Waals surface area (Å²) in [5.74, 6) is 2.05. The maximum absolute atomic E-state index is 12.5. The fraction of sp³-hybridized carbons (Fsp3) is 0.370. The molecule has 0 aliphatic carbocycles. The third-order valence-corrected chi connectivity index (χ3v) is 6.99. The molecular formula is C27H33N5O2S. The molecule has 1 aliphatic heterocycles. The first-order valence-electron chi connectivity index (χ1n) is 12.1. The molecule has 7 nitrogen and oxygen atoms in total. The summed E-state index contributed by atoms with van der Waals surface area (Å²) in [7, 11) is 1.71. The van der Waals surface area contributed by atoms with Crippen LogP contribution in [0.25, 0.3) is 0 Å². The van der Waals surface area contributed by atoms with Gasteiger partial charge < -0.3 is 19.9 Å². The first kappa shape index (κ1) is 24.9. The van der Waals surface area contributed by atoms with Gasteiger partial charge in [-0.2, -0.15) is 0 Å². The Kier molecular flexibility index (Phi) is 8.84. The molecule has 35 heavy (non-hydrogen) atoms. The van der Waals surface area contributed by atoms with Gasteiger partial charge in [-0.1, -0.05) is 49.4 Å². The van der Waals surface area contributed by atoms with E-state index in [1.165, 1.54) is 30.2 Å². The van der Waals surface area contributed by atoms with Gasteiger partial charge in [0.05, 0.1) is 18.6 Å². The molecule has 1 N–H and O–H groups in total. The monoisotopic (exact) mass is 491 g/mol. The first-order valence-corrected chi connectivity index (χ1v) is 13.1. The number of thioether (sulfide) groups is 1. The summed E-state index contributed by atoms with van der Waals surface area (Å²) in [6.45, 7) is 5.66. The SMILES string of the molecule is CCCCc1ccc(NC(=O)CSc2cc(N3CCN(c4ccccc4OC)CC3)ncn2)cc1. The zero-order valence-electron chi connectivity index (χ0n) is 20.4. The van der Waals surface area contributed by atoms with Crippen molar-refractivity contribution in [3.05, 3.63) is 66.5 Å². The number of methoxy groups -OCH3 is 1. The maximum atomic E-state index is 12.5. The maximum Gasteiger partial charge on any atom is 0.234 e. The Balaban J connectivity index is 1.27. The van der Waals surface area contributed by atoms with Crippen LogP contribution in [0, 0.1) is 0 Å². The number of hydrogen-bond acceptors (Lipinski definition) is 7. The van der Waals surface area contributed by atoms with E-state index in [1.54, 1.807) is 13.4 Å². The van der Waals surface area contributed by atoms with Gasteiger partial charge in [0.2, 0.25) is 5.91 Å². The van der Waals surface area contributed by atoms with Crippen molar-refractivity contribution in [1.29, 1.82) is 0 Å². The summed E-state index contributed by atoms with van der Waals surface area (Å²) in [5, 5.41) is 3.77. The van der Waals surface area contributed by atoms with Gasteiger partial charge in [-0.25, -0.2) is 9.97 Å². The lowest BCUT2D eigenvalue weighted by Crippen LogP contribution is -2.47. The third kappa shape index (κ3) is 6.88. The lowest BCUT2D eigenvalue weighted by molar-refractivity contribution is -0.113. The number of piperazine rings is 1. The second-order valence-corrected chi connectivity index (χ2v) is 9.49. The van der Waals surface area contributed by atoms with Gasteiger partial charge in [-0.15, -0.1) is 0 Å². The zero-order chi connectivity index (χ0) is 24.5. The van der Waals surface area contributed by atoms with E-state index < -0.39 is 0 Å². The number of benzene rings is 2. The molecule has 2 heterocycles. The summed E-state index contributed by atoms with van der Waals surface area (Å²) in [5.41, 5.74) is 3.25. The summed E-state index contributed by atoms with van der Waals surface area (Å²) >= 11 is 1.43. The third-order valence-electron chi connectivity index (χ3n) is 6.06. The number of unbranched alkanes of at least 4 members (excludes halogenated alkanes) is 1. The van der Waals surface area contributed by atoms with Crippen molar-refractivity contribution < 1.29 is 9.53 Å². The molecule has 1 fully saturated rings. The van der Waals surface area contributed by atoms with Crippen LogP contribution in [0.15, 0.2) is 66.0 Å². The molecule has 184 valence electrons. The minimum atomic E-state index is -0.0399. The van der Waals surface area contributed by atoms with Gasteiger partial charge in [-0.05, 0) is 42.7 Å². The van der Waals surface area contributed by atoms with E-state index in [4.69, 9.17) is 4.74 Å². The van der Waals surface area contributed by atoms with Crippen LogP contribution >= 0.6 is 11.8 Å². The molecule has 0 spiro atoms. The number of carbonyl (C=O) groups is 1. The van der Waals surface area contributed by atoms with Crippen LogP contribution in [-0.2, 0) is 11.2 Å². The Bertz CT molecular complexity index is 1100. The van der Waals surface area contributed by atoms with E-state index in [0.717, 1.165) is 60.6 Å². The van der Waals surface area contributed by atoms with E-state index in [2.05, 4.69) is 50.2 Å². The number of carbonyl (C=O) groups excluding carboxylic acids is 1. The molecule has 0 saturated carbocycles. The molecular weight excluding hydrogens is 458 g/mol. The van der Waals surface area contributed by atoms with Crippen LogP contribution in [0.5, 0.6) is 5.75 Å². The van der Waals surface area contributed by atoms with Gasteiger partial charge in [-0.3, -0.25) is 4.79 Å². The minimum absolute atomic E-state index is 0.0399. The van der Waals surface area contributed by atoms with Gasteiger partial charge >= 0.3 is 0 Å². The van der Waals surface area contributed by atoms with E-state index >= 15 is 0 Å². The Labute approximate surface area is 211 Å². The smallest absolute Gasteiger partial charge is 0.234 e. The second kappa shape index (κ2) is 12.4. The fourth-order valence-electron chi connectivity index (χ4n) is 4.12. The largest absolute Gasteiger partial charge is 0.495 e. The lowest BCUT2D eigenvalue weighted by atomic mass is 10.1. The van der Waals surface area contributed by atoms with Crippen LogP contribution < -0.4 is 19.9 Å². The molecule has 1 saturated heterocycles. The predicted molar refractivity (Wildman–Crippen MR) is 144 cm³/mol. The van der Waals surface area contributed by atoms with Gasteiger partial charge in [0.15, 0.2) is 0 Å². The number of anilines is 3. The Morgan fingerprint density at radius 3 is 2.51 bits per heavy atom. The number of aryl methyl sites for hydroxylation is 1. The minimum Gasteiger partial charge on any atom is -0.495 e. The van der Waals surface area contributed by atoms with Crippen molar-refractivity contribution >= 4 is 34.9 Å². The molecule has 4 rings (SSSR count). The number of nitrogens with zero attached hydrogens (tertiary/aromatic N) is 4. The lowest BCUT2D eigenvalue weighted by Gasteiger charge is -2.37. The predicted octanol–water partition coefficient (Wildman–Crippen LogP) is 4.89. The highest BCUT2D eigenvalue weighted by molar-refractivity contribution is 7.99. The molecule has 1 aromatic heterocycles. The van der Waals surface area contributed by atoms with Crippen molar-refractivity contribution in [3.63, 3.8) is 0 Å². The summed E-state index contributed by atoms with van der Waals surface area (Å²) in [4.78, 5) is 25.9. The van der Waals surface area contributed by atoms with Crippen LogP contribution in [0.4, 0.5) is 17.2 Å². The highest BCUT2D eigenvalue weighted by Gasteiger charge is 2.21. The Hall–Kier alpha value is -3.26. The van der Waals surface area contributed by atoms with Gasteiger partial charge in [0.25, 0.3) is 0 Å². The van der Waals surface area contributed by atoms with Crippen molar-refractivity contribution in [2.24, 2.45) is 0 Å². The number of aromatic nitrogens is 2. The number of hydrogen-bond donors (Lipinski definition) is 1. The second-order valence-electron chi connectivity index (χ2n) is 8.50. The van der Waals surface area contributed by atoms with Crippen molar-refractivity contribution in [2.45, 2.75) is 31.2 Å². The normalized spacial score (nSPS) is 13.5. The highest BCUT2D eigenvalue weighted by Crippen LogP contribution is 2.29. The van der Waals surface area contributed by atoms with Crippen LogP contribution in [-0.4, -0.2) is 54.9 Å². The Morgan fingerprint density at radius 1 is 1.03 bits per heavy atom. The summed E-state index contributed by atoms with van der Waals surface area (Å²) < 4.78 is 5.52. The molecule has 8 heteroatoms. The number of amides is 1. The topological polar surface area (TPSA) is 70.6 Å². The molecule has 2 aromatic carbocycles. The van der Waals surface area contributed by atoms with E-state index in [9.17, 15) is 4.79 Å². The summed E-state index contributed by atoms with van der Waals surface area (Å²) in [6, 6.07) is 18.2. The standard InChI is InChI=1S/C27H33N5O2S/c1-3-4-7-21-10-12-22(13-11-21)30-26(33)19-35-27-18-25(28-20-29-27)32-16-14-31(15-17-32)23-8-5-6-9-24(23)34-2/h5-6,8-13,18,20H,3-4,7,14-17,19H2,1-2H3,(H,30,33). The number of rotatable bonds is 10. The number of nitrogens with one attached hydrogen (secondary N) is 1. The van der Waals surface area contributed by atoms with Crippen LogP contribution in [0.1, 0.15) is 25.3 Å². The average Bonchev–Trinajstić information content (AvgIpc) is 2.92. The van der Waals surface area contributed by atoms with Crippen molar-refractivity contribution in [2.75, 3.05) is 54.2 Å². The first-order chi connectivity index (χ1) is 17.2. The van der Waals surface area contributed by atoms with Crippen LogP contribution in [0.2, 0.25) is 0 Å². The Morgan fingerprint density at radius 2 is 1.77 bits per heavy atom. The molecule has 3 aromatic rings. The summed E-state index contributed by atoms with van der Waals surface area (Å²) in [6.07, 6.45) is 5.02. The number of ether oxygens (including phenoxy) is 1. The molecule has 1 amide bonds. The molecule has 0 radical (unpaired) electrons. The van der Waals surface area contributed by atoms with Crippen molar-refractivity contribution in [3.8, 4) is 5.75 Å². The molecule has 0 atom stereocenters. The highest BCUT2D eigenvalue weighted by atomic mass is 32.2. The van der Waals surface area contributed by atoms with Gasteiger partial charge in [0.1, 0.15) is 22.9 Å². The van der Waals surface area contributed by atoms with Crippen LogP contribution in [0.3, 0.4) is 0 Å². The average molecular weight is 492 g/mol. The van der Waals surface area contributed by atoms with E-state index in [0.29, 0.717) is 5.75 Å². The fourth-order valence-corrected chi connectivity index (χ4v) is 4.78. The number of para-hydroxylation sites is 2. The quantitative estimate of drug-likeness (QED) is 0.320.